The van der Waals surface area contributed by atoms with Crippen LogP contribution >= 0.6 is 21.6 Å². The molecule has 3 N–H and O–H groups in total. The van der Waals surface area contributed by atoms with Gasteiger partial charge in [-0.05, 0) is 62.1 Å². The third-order valence-corrected chi connectivity index (χ3v) is 8.08. The third-order valence-electron chi connectivity index (χ3n) is 5.82. The van der Waals surface area contributed by atoms with E-state index < -0.39 is 29.8 Å². The number of alkyl carbamates (subject to hydrolysis) is 2. The van der Waals surface area contributed by atoms with Crippen molar-refractivity contribution in [2.24, 2.45) is 0 Å². The molecule has 0 spiro atoms. The molecule has 0 bridgehead atoms. The van der Waals surface area contributed by atoms with Gasteiger partial charge in [0.05, 0.1) is 0 Å². The summed E-state index contributed by atoms with van der Waals surface area (Å²) in [5.41, 5.74) is 3.80. The lowest BCUT2D eigenvalue weighted by Crippen LogP contribution is -2.42. The Morgan fingerprint density at radius 2 is 1.57 bits per heavy atom. The summed E-state index contributed by atoms with van der Waals surface area (Å²) < 4.78 is 10.8. The molecule has 1 aliphatic rings. The normalized spacial score (nSPS) is 14.2. The van der Waals surface area contributed by atoms with Gasteiger partial charge in [0.2, 0.25) is 0 Å². The Kier molecular flexibility index (Phi) is 10.2. The van der Waals surface area contributed by atoms with Crippen molar-refractivity contribution >= 4 is 39.7 Å². The van der Waals surface area contributed by atoms with Gasteiger partial charge in [0.25, 0.3) is 0 Å². The third kappa shape index (κ3) is 8.33. The molecule has 0 fully saturated rings. The van der Waals surface area contributed by atoms with Gasteiger partial charge in [0.1, 0.15) is 18.2 Å². The van der Waals surface area contributed by atoms with Crippen molar-refractivity contribution in [1.82, 2.24) is 10.6 Å². The molecule has 0 heterocycles. The van der Waals surface area contributed by atoms with Crippen molar-refractivity contribution in [3.63, 3.8) is 0 Å². The minimum absolute atomic E-state index is 0.0614. The van der Waals surface area contributed by atoms with Gasteiger partial charge in [-0.3, -0.25) is 0 Å². The summed E-state index contributed by atoms with van der Waals surface area (Å²) in [7, 11) is 3.06. The topological polar surface area (TPSA) is 114 Å². The lowest BCUT2D eigenvalue weighted by molar-refractivity contribution is -0.139. The highest BCUT2D eigenvalue weighted by Crippen LogP contribution is 2.44. The second kappa shape index (κ2) is 13.1. The Hall–Kier alpha value is -2.85. The number of hydrogen-bond donors (Lipinski definition) is 3. The average Bonchev–Trinajstić information content (AvgIpc) is 3.16. The van der Waals surface area contributed by atoms with Crippen molar-refractivity contribution in [2.45, 2.75) is 56.4 Å². The van der Waals surface area contributed by atoms with Crippen LogP contribution in [0, 0.1) is 0 Å². The van der Waals surface area contributed by atoms with Gasteiger partial charge in [0.15, 0.2) is 0 Å². The second-order valence-electron chi connectivity index (χ2n) is 9.71. The van der Waals surface area contributed by atoms with Gasteiger partial charge < -0.3 is 25.2 Å². The van der Waals surface area contributed by atoms with E-state index in [1.807, 2.05) is 42.7 Å². The van der Waals surface area contributed by atoms with E-state index in [4.69, 9.17) is 9.47 Å². The van der Waals surface area contributed by atoms with E-state index in [2.05, 4.69) is 22.8 Å². The molecule has 37 heavy (non-hydrogen) atoms. The number of aliphatic carboxylic acids is 1. The molecule has 8 nitrogen and oxygen atoms in total. The number of rotatable bonds is 11. The van der Waals surface area contributed by atoms with Crippen LogP contribution < -0.4 is 10.6 Å². The van der Waals surface area contributed by atoms with Gasteiger partial charge in [-0.2, -0.15) is 0 Å². The fourth-order valence-electron chi connectivity index (χ4n) is 4.22. The smallest absolute Gasteiger partial charge is 0.407 e. The Balaban J connectivity index is 1.53. The molecule has 2 atom stereocenters. The van der Waals surface area contributed by atoms with E-state index in [1.54, 1.807) is 20.8 Å². The monoisotopic (exact) mass is 546 g/mol. The molecule has 0 radical (unpaired) electrons. The SMILES string of the molecule is CSS[C@@H](CC[C@H](NC(=O)OCC1c2ccccc2-c2ccccc21)C(=O)O)CNC(=O)OC(C)(C)C. The highest BCUT2D eigenvalue weighted by atomic mass is 33.1. The molecule has 0 aliphatic heterocycles. The highest BCUT2D eigenvalue weighted by molar-refractivity contribution is 8.76. The molecular formula is C27H34N2O6S2. The first-order valence-electron chi connectivity index (χ1n) is 12.1. The number of nitrogens with one attached hydrogen (secondary N) is 2. The summed E-state index contributed by atoms with van der Waals surface area (Å²) in [5, 5.41) is 14.8. The number of hydrogen-bond acceptors (Lipinski definition) is 7. The molecule has 2 aromatic carbocycles. The maximum absolute atomic E-state index is 12.6. The summed E-state index contributed by atoms with van der Waals surface area (Å²) in [6.07, 6.45) is 1.27. The van der Waals surface area contributed by atoms with Crippen LogP contribution in [0.25, 0.3) is 11.1 Å². The number of carboxylic acids is 1. The number of amides is 2. The van der Waals surface area contributed by atoms with Crippen molar-refractivity contribution in [1.29, 1.82) is 0 Å². The fraction of sp³-hybridized carbons (Fsp3) is 0.444. The summed E-state index contributed by atoms with van der Waals surface area (Å²) in [6, 6.07) is 14.9. The zero-order chi connectivity index (χ0) is 27.0. The maximum Gasteiger partial charge on any atom is 0.407 e. The molecule has 0 unspecified atom stereocenters. The Bertz CT molecular complexity index is 1060. The maximum atomic E-state index is 12.6. The first kappa shape index (κ1) is 28.7. The van der Waals surface area contributed by atoms with E-state index in [0.717, 1.165) is 22.3 Å². The number of carbonyl (C=O) groups is 3. The first-order chi connectivity index (χ1) is 17.6. The van der Waals surface area contributed by atoms with Crippen LogP contribution in [0.4, 0.5) is 9.59 Å². The highest BCUT2D eigenvalue weighted by Gasteiger charge is 2.30. The van der Waals surface area contributed by atoms with Crippen LogP contribution in [0.3, 0.4) is 0 Å². The van der Waals surface area contributed by atoms with Crippen LogP contribution in [0.15, 0.2) is 48.5 Å². The van der Waals surface area contributed by atoms with Crippen LogP contribution in [0.5, 0.6) is 0 Å². The summed E-state index contributed by atoms with van der Waals surface area (Å²) in [4.78, 5) is 36.4. The standard InChI is InChI=1S/C27H34N2O6S2/c1-27(2,3)35-25(32)28-15-17(37-36-4)13-14-23(24(30)31)29-26(33)34-16-22-20-11-7-5-9-18(20)19-10-6-8-12-21(19)22/h5-12,17,22-23H,13-16H2,1-4H3,(H,28,32)(H,29,33)(H,30,31)/t17-,23-/m0/s1. The lowest BCUT2D eigenvalue weighted by atomic mass is 9.98. The van der Waals surface area contributed by atoms with Crippen LogP contribution in [-0.4, -0.2) is 59.6 Å². The zero-order valence-corrected chi connectivity index (χ0v) is 23.1. The molecule has 0 saturated heterocycles. The van der Waals surface area contributed by atoms with Gasteiger partial charge in [0, 0.05) is 17.7 Å². The van der Waals surface area contributed by atoms with Crippen molar-refractivity contribution in [2.75, 3.05) is 19.4 Å². The van der Waals surface area contributed by atoms with Crippen LogP contribution in [-0.2, 0) is 14.3 Å². The lowest BCUT2D eigenvalue weighted by Gasteiger charge is -2.22. The number of carboxylic acid groups (broad SMARTS) is 1. The van der Waals surface area contributed by atoms with E-state index in [-0.39, 0.29) is 24.2 Å². The zero-order valence-electron chi connectivity index (χ0n) is 21.5. The van der Waals surface area contributed by atoms with Crippen molar-refractivity contribution in [3.05, 3.63) is 59.7 Å². The van der Waals surface area contributed by atoms with E-state index >= 15 is 0 Å². The molecule has 3 rings (SSSR count). The van der Waals surface area contributed by atoms with Gasteiger partial charge in [-0.25, -0.2) is 14.4 Å². The fourth-order valence-corrected chi connectivity index (χ4v) is 6.19. The van der Waals surface area contributed by atoms with Gasteiger partial charge in [-0.15, -0.1) is 0 Å². The minimum Gasteiger partial charge on any atom is -0.480 e. The quantitative estimate of drug-likeness (QED) is 0.309. The molecule has 200 valence electrons. The average molecular weight is 547 g/mol. The number of ether oxygens (including phenoxy) is 2. The Labute approximate surface area is 225 Å². The molecule has 0 aromatic heterocycles. The minimum atomic E-state index is -1.14. The van der Waals surface area contributed by atoms with Gasteiger partial charge in [-0.1, -0.05) is 70.1 Å². The largest absolute Gasteiger partial charge is 0.480 e. The molecule has 10 heteroatoms. The van der Waals surface area contributed by atoms with Crippen LogP contribution in [0.1, 0.15) is 50.7 Å². The summed E-state index contributed by atoms with van der Waals surface area (Å²) in [6.45, 7) is 5.78. The van der Waals surface area contributed by atoms with E-state index in [1.165, 1.54) is 21.6 Å². The molecular weight excluding hydrogens is 512 g/mol. The molecule has 2 amide bonds. The predicted octanol–water partition coefficient (Wildman–Crippen LogP) is 5.66. The second-order valence-corrected chi connectivity index (χ2v) is 12.5. The Morgan fingerprint density at radius 1 is 0.973 bits per heavy atom. The summed E-state index contributed by atoms with van der Waals surface area (Å²) >= 11 is 0. The van der Waals surface area contributed by atoms with Crippen molar-refractivity contribution in [3.8, 4) is 11.1 Å². The van der Waals surface area contributed by atoms with Crippen LogP contribution in [0.2, 0.25) is 0 Å². The van der Waals surface area contributed by atoms with E-state index in [9.17, 15) is 19.5 Å². The number of fused-ring (bicyclic) bond motifs is 3. The molecule has 1 aliphatic carbocycles. The molecule has 2 aromatic rings. The number of benzene rings is 2. The first-order valence-corrected chi connectivity index (χ1v) is 14.7. The predicted molar refractivity (Wildman–Crippen MR) is 148 cm³/mol. The number of carbonyl (C=O) groups excluding carboxylic acids is 2. The van der Waals surface area contributed by atoms with Gasteiger partial charge >= 0.3 is 18.2 Å². The Morgan fingerprint density at radius 3 is 2.11 bits per heavy atom. The summed E-state index contributed by atoms with van der Waals surface area (Å²) in [5.74, 6) is -1.25. The molecule has 0 saturated carbocycles. The van der Waals surface area contributed by atoms with Crippen molar-refractivity contribution < 1.29 is 29.0 Å². The van der Waals surface area contributed by atoms with E-state index in [0.29, 0.717) is 13.0 Å².